The molecule has 2 aliphatic carbocycles. The first-order valence-corrected chi connectivity index (χ1v) is 8.81. The van der Waals surface area contributed by atoms with Crippen LogP contribution < -0.4 is 5.32 Å². The van der Waals surface area contributed by atoms with Gasteiger partial charge in [-0.2, -0.15) is 5.10 Å². The summed E-state index contributed by atoms with van der Waals surface area (Å²) in [5.41, 5.74) is 1.12. The highest BCUT2D eigenvalue weighted by atomic mass is 16.1. The van der Waals surface area contributed by atoms with E-state index in [9.17, 15) is 4.79 Å². The number of carbonyl (C=O) groups is 1. The SMILES string of the molecule is Cn1ncc(C(=O)N[C@@H]2C[C@H]3CC[C@]2(C)C3(C)C)c1-n1cccc1. The van der Waals surface area contributed by atoms with Crippen molar-refractivity contribution in [3.05, 3.63) is 36.3 Å². The Morgan fingerprint density at radius 1 is 1.29 bits per heavy atom. The summed E-state index contributed by atoms with van der Waals surface area (Å²) in [7, 11) is 1.87. The van der Waals surface area contributed by atoms with Crippen LogP contribution in [0.5, 0.6) is 0 Å². The fourth-order valence-corrected chi connectivity index (χ4v) is 5.03. The summed E-state index contributed by atoms with van der Waals surface area (Å²) in [5, 5.41) is 7.63. The Bertz CT molecular complexity index is 773. The molecular formula is C19H26N4O. The summed E-state index contributed by atoms with van der Waals surface area (Å²) >= 11 is 0. The van der Waals surface area contributed by atoms with Crippen LogP contribution in [0.2, 0.25) is 0 Å². The van der Waals surface area contributed by atoms with Crippen molar-refractivity contribution in [2.24, 2.45) is 23.8 Å². The minimum absolute atomic E-state index is 0.0126. The third kappa shape index (κ3) is 1.93. The Labute approximate surface area is 143 Å². The standard InChI is InChI=1S/C19H26N4O/c1-18(2)13-7-8-19(18,3)15(11-13)21-16(24)14-12-20-22(4)17(14)23-9-5-6-10-23/h5-6,9-10,12-13,15H,7-8,11H2,1-4H3,(H,21,24)/t13-,15-,19+/m1/s1. The molecule has 4 rings (SSSR count). The Kier molecular flexibility index (Phi) is 3.21. The molecule has 0 saturated heterocycles. The average Bonchev–Trinajstić information content (AvgIpc) is 3.24. The van der Waals surface area contributed by atoms with Crippen molar-refractivity contribution in [2.75, 3.05) is 0 Å². The number of amides is 1. The van der Waals surface area contributed by atoms with E-state index in [0.717, 1.165) is 12.2 Å². The van der Waals surface area contributed by atoms with E-state index >= 15 is 0 Å². The lowest BCUT2D eigenvalue weighted by atomic mass is 9.69. The molecule has 1 amide bonds. The van der Waals surface area contributed by atoms with Crippen molar-refractivity contribution in [3.8, 4) is 5.82 Å². The fraction of sp³-hybridized carbons (Fsp3) is 0.579. The van der Waals surface area contributed by atoms with Gasteiger partial charge in [-0.1, -0.05) is 20.8 Å². The van der Waals surface area contributed by atoms with E-state index in [1.54, 1.807) is 10.9 Å². The number of nitrogens with zero attached hydrogens (tertiary/aromatic N) is 3. The lowest BCUT2D eigenvalue weighted by Gasteiger charge is -2.39. The molecule has 3 atom stereocenters. The lowest BCUT2D eigenvalue weighted by Crippen LogP contribution is -2.47. The third-order valence-electron chi connectivity index (χ3n) is 7.10. The molecule has 0 aromatic carbocycles. The summed E-state index contributed by atoms with van der Waals surface area (Å²) < 4.78 is 3.69. The molecule has 0 spiro atoms. The van der Waals surface area contributed by atoms with Gasteiger partial charge in [0.15, 0.2) is 0 Å². The zero-order valence-electron chi connectivity index (χ0n) is 14.9. The van der Waals surface area contributed by atoms with E-state index in [1.165, 1.54) is 12.8 Å². The maximum Gasteiger partial charge on any atom is 0.256 e. The van der Waals surface area contributed by atoms with Crippen LogP contribution >= 0.6 is 0 Å². The van der Waals surface area contributed by atoms with Gasteiger partial charge in [-0.15, -0.1) is 0 Å². The molecule has 1 N–H and O–H groups in total. The molecular weight excluding hydrogens is 300 g/mol. The van der Waals surface area contributed by atoms with Crippen LogP contribution in [0.15, 0.2) is 30.7 Å². The monoisotopic (exact) mass is 326 g/mol. The third-order valence-corrected chi connectivity index (χ3v) is 7.10. The van der Waals surface area contributed by atoms with Crippen molar-refractivity contribution in [3.63, 3.8) is 0 Å². The number of aromatic nitrogens is 3. The average molecular weight is 326 g/mol. The van der Waals surface area contributed by atoms with Gasteiger partial charge in [-0.05, 0) is 48.1 Å². The van der Waals surface area contributed by atoms with Crippen LogP contribution in [0.3, 0.4) is 0 Å². The van der Waals surface area contributed by atoms with Gasteiger partial charge in [0, 0.05) is 25.5 Å². The van der Waals surface area contributed by atoms with Gasteiger partial charge in [-0.25, -0.2) is 0 Å². The summed E-state index contributed by atoms with van der Waals surface area (Å²) in [5.74, 6) is 1.51. The van der Waals surface area contributed by atoms with Gasteiger partial charge in [0.2, 0.25) is 0 Å². The molecule has 0 radical (unpaired) electrons. The number of nitrogens with one attached hydrogen (secondary N) is 1. The van der Waals surface area contributed by atoms with Crippen molar-refractivity contribution in [1.29, 1.82) is 0 Å². The maximum atomic E-state index is 13.0. The highest BCUT2D eigenvalue weighted by molar-refractivity contribution is 5.97. The predicted molar refractivity (Wildman–Crippen MR) is 93.0 cm³/mol. The van der Waals surface area contributed by atoms with Crippen LogP contribution in [-0.4, -0.2) is 26.3 Å². The van der Waals surface area contributed by atoms with E-state index in [4.69, 9.17) is 0 Å². The Balaban J connectivity index is 1.61. The van der Waals surface area contributed by atoms with Gasteiger partial charge >= 0.3 is 0 Å². The number of rotatable bonds is 3. The van der Waals surface area contributed by atoms with E-state index in [-0.39, 0.29) is 17.4 Å². The lowest BCUT2D eigenvalue weighted by molar-refractivity contribution is 0.0826. The highest BCUT2D eigenvalue weighted by Gasteiger charge is 2.61. The van der Waals surface area contributed by atoms with Gasteiger partial charge in [0.25, 0.3) is 5.91 Å². The second kappa shape index (κ2) is 4.98. The van der Waals surface area contributed by atoms with Crippen molar-refractivity contribution < 1.29 is 4.79 Å². The molecule has 5 nitrogen and oxygen atoms in total. The van der Waals surface area contributed by atoms with Gasteiger partial charge < -0.3 is 9.88 Å². The molecule has 0 unspecified atom stereocenters. The Morgan fingerprint density at radius 2 is 2.00 bits per heavy atom. The van der Waals surface area contributed by atoms with E-state index in [0.29, 0.717) is 16.9 Å². The van der Waals surface area contributed by atoms with Crippen molar-refractivity contribution in [2.45, 2.75) is 46.1 Å². The van der Waals surface area contributed by atoms with Gasteiger partial charge in [0.1, 0.15) is 11.4 Å². The summed E-state index contributed by atoms with van der Waals surface area (Å²) in [4.78, 5) is 13.0. The molecule has 2 saturated carbocycles. The van der Waals surface area contributed by atoms with Crippen LogP contribution in [0.25, 0.3) is 5.82 Å². The van der Waals surface area contributed by atoms with E-state index in [2.05, 4.69) is 31.2 Å². The van der Waals surface area contributed by atoms with E-state index < -0.39 is 0 Å². The topological polar surface area (TPSA) is 51.9 Å². The smallest absolute Gasteiger partial charge is 0.256 e. The van der Waals surface area contributed by atoms with Crippen LogP contribution in [0, 0.1) is 16.7 Å². The summed E-state index contributed by atoms with van der Waals surface area (Å²) in [6.07, 6.45) is 9.13. The van der Waals surface area contributed by atoms with Crippen LogP contribution in [0.1, 0.15) is 50.4 Å². The molecule has 128 valence electrons. The molecule has 2 bridgehead atoms. The highest BCUT2D eigenvalue weighted by Crippen LogP contribution is 2.65. The first-order chi connectivity index (χ1) is 11.3. The predicted octanol–water partition coefficient (Wildman–Crippen LogP) is 3.16. The molecule has 2 heterocycles. The molecule has 24 heavy (non-hydrogen) atoms. The minimum Gasteiger partial charge on any atom is -0.349 e. The normalized spacial score (nSPS) is 30.7. The molecule has 2 aliphatic rings. The fourth-order valence-electron chi connectivity index (χ4n) is 5.03. The molecule has 2 fully saturated rings. The molecule has 2 aromatic rings. The zero-order chi connectivity index (χ0) is 17.1. The largest absolute Gasteiger partial charge is 0.349 e. The van der Waals surface area contributed by atoms with Crippen LogP contribution in [0.4, 0.5) is 0 Å². The number of carbonyl (C=O) groups excluding carboxylic acids is 1. The number of hydrogen-bond donors (Lipinski definition) is 1. The molecule has 0 aliphatic heterocycles. The second-order valence-electron chi connectivity index (χ2n) is 8.23. The first kappa shape index (κ1) is 15.5. The second-order valence-corrected chi connectivity index (χ2v) is 8.23. The summed E-state index contributed by atoms with van der Waals surface area (Å²) in [6.45, 7) is 7.08. The van der Waals surface area contributed by atoms with Crippen molar-refractivity contribution in [1.82, 2.24) is 19.7 Å². The maximum absolute atomic E-state index is 13.0. The molecule has 2 aromatic heterocycles. The number of fused-ring (bicyclic) bond motifs is 2. The summed E-state index contributed by atoms with van der Waals surface area (Å²) in [6, 6.07) is 4.15. The number of hydrogen-bond acceptors (Lipinski definition) is 2. The quantitative estimate of drug-likeness (QED) is 0.942. The molecule has 5 heteroatoms. The van der Waals surface area contributed by atoms with Crippen molar-refractivity contribution >= 4 is 5.91 Å². The van der Waals surface area contributed by atoms with E-state index in [1.807, 2.05) is 36.1 Å². The first-order valence-electron chi connectivity index (χ1n) is 8.81. The van der Waals surface area contributed by atoms with Crippen LogP contribution in [-0.2, 0) is 7.05 Å². The Hall–Kier alpha value is -2.04. The number of aryl methyl sites for hydroxylation is 1. The van der Waals surface area contributed by atoms with Gasteiger partial charge in [-0.3, -0.25) is 9.48 Å². The zero-order valence-corrected chi connectivity index (χ0v) is 14.9. The van der Waals surface area contributed by atoms with Gasteiger partial charge in [0.05, 0.1) is 6.20 Å². The minimum atomic E-state index is -0.0126. The Morgan fingerprint density at radius 3 is 2.58 bits per heavy atom.